The maximum atomic E-state index is 11.7. The zero-order valence-electron chi connectivity index (χ0n) is 6.05. The summed E-state index contributed by atoms with van der Waals surface area (Å²) in [6.07, 6.45) is -5.18. The first-order valence-corrected chi connectivity index (χ1v) is 3.14. The standard InChI is InChI=1S/C6H3F3O4/c7-6(8,9)4(11)3-2(10)1-13-5(3)12/h3H,1H2. The number of halogens is 3. The van der Waals surface area contributed by atoms with Gasteiger partial charge in [0.05, 0.1) is 0 Å². The second-order valence-electron chi connectivity index (χ2n) is 2.37. The molecule has 1 heterocycles. The van der Waals surface area contributed by atoms with Gasteiger partial charge in [-0.3, -0.25) is 14.4 Å². The van der Waals surface area contributed by atoms with Crippen LogP contribution in [0.2, 0.25) is 0 Å². The van der Waals surface area contributed by atoms with Gasteiger partial charge in [-0.25, -0.2) is 0 Å². The van der Waals surface area contributed by atoms with Crippen LogP contribution in [0.1, 0.15) is 0 Å². The third-order valence-electron chi connectivity index (χ3n) is 1.46. The maximum absolute atomic E-state index is 11.7. The fourth-order valence-electron chi connectivity index (χ4n) is 0.857. The molecule has 4 nitrogen and oxygen atoms in total. The van der Waals surface area contributed by atoms with Gasteiger partial charge in [0.2, 0.25) is 0 Å². The Morgan fingerprint density at radius 2 is 1.92 bits per heavy atom. The first-order valence-electron chi connectivity index (χ1n) is 3.14. The van der Waals surface area contributed by atoms with Crippen LogP contribution in [0.25, 0.3) is 0 Å². The maximum Gasteiger partial charge on any atom is 0.451 e. The van der Waals surface area contributed by atoms with E-state index in [1.54, 1.807) is 0 Å². The molecule has 0 aromatic heterocycles. The van der Waals surface area contributed by atoms with E-state index < -0.39 is 36.2 Å². The molecule has 1 aliphatic heterocycles. The van der Waals surface area contributed by atoms with Gasteiger partial charge in [-0.15, -0.1) is 0 Å². The number of carbonyl (C=O) groups excluding carboxylic acids is 3. The molecule has 1 fully saturated rings. The first kappa shape index (κ1) is 9.69. The Balaban J connectivity index is 2.89. The highest BCUT2D eigenvalue weighted by Crippen LogP contribution is 2.24. The number of ketones is 2. The number of alkyl halides is 3. The smallest absolute Gasteiger partial charge is 0.451 e. The SMILES string of the molecule is O=C1COC(=O)C1C(=O)C(F)(F)F. The van der Waals surface area contributed by atoms with Gasteiger partial charge < -0.3 is 4.74 Å². The lowest BCUT2D eigenvalue weighted by atomic mass is 10.0. The zero-order chi connectivity index (χ0) is 10.2. The van der Waals surface area contributed by atoms with Gasteiger partial charge in [0.15, 0.2) is 18.3 Å². The quantitative estimate of drug-likeness (QED) is 0.432. The second kappa shape index (κ2) is 2.82. The third kappa shape index (κ3) is 1.68. The summed E-state index contributed by atoms with van der Waals surface area (Å²) >= 11 is 0. The highest BCUT2D eigenvalue weighted by molar-refractivity contribution is 6.21. The molecule has 0 radical (unpaired) electrons. The van der Waals surface area contributed by atoms with Gasteiger partial charge in [-0.2, -0.15) is 13.2 Å². The van der Waals surface area contributed by atoms with Crippen molar-refractivity contribution >= 4 is 17.5 Å². The molecule has 1 aliphatic rings. The predicted molar refractivity (Wildman–Crippen MR) is 30.5 cm³/mol. The number of Topliss-reactive ketones (excluding diaryl/α,β-unsaturated/α-hetero) is 2. The molecule has 7 heteroatoms. The Morgan fingerprint density at radius 1 is 1.38 bits per heavy atom. The van der Waals surface area contributed by atoms with Crippen molar-refractivity contribution in [3.63, 3.8) is 0 Å². The van der Waals surface area contributed by atoms with Crippen molar-refractivity contribution in [1.29, 1.82) is 0 Å². The van der Waals surface area contributed by atoms with Crippen molar-refractivity contribution in [2.75, 3.05) is 6.61 Å². The van der Waals surface area contributed by atoms with Crippen molar-refractivity contribution in [1.82, 2.24) is 0 Å². The van der Waals surface area contributed by atoms with Crippen molar-refractivity contribution in [3.05, 3.63) is 0 Å². The zero-order valence-corrected chi connectivity index (χ0v) is 6.05. The summed E-state index contributed by atoms with van der Waals surface area (Å²) in [4.78, 5) is 31.6. The van der Waals surface area contributed by atoms with Gasteiger partial charge in [0.1, 0.15) is 0 Å². The lowest BCUT2D eigenvalue weighted by Crippen LogP contribution is -2.36. The molecular weight excluding hydrogens is 193 g/mol. The van der Waals surface area contributed by atoms with Crippen LogP contribution in [0.5, 0.6) is 0 Å². The Hall–Kier alpha value is -1.40. The van der Waals surface area contributed by atoms with Crippen molar-refractivity contribution in [3.8, 4) is 0 Å². The van der Waals surface area contributed by atoms with Gasteiger partial charge in [0.25, 0.3) is 5.78 Å². The fraction of sp³-hybridized carbons (Fsp3) is 0.500. The molecule has 0 aliphatic carbocycles. The minimum absolute atomic E-state index is 0.759. The van der Waals surface area contributed by atoms with E-state index in [1.165, 1.54) is 0 Å². The molecule has 0 saturated carbocycles. The number of carbonyl (C=O) groups is 3. The van der Waals surface area contributed by atoms with Crippen LogP contribution in [-0.4, -0.2) is 30.3 Å². The molecule has 1 unspecified atom stereocenters. The lowest BCUT2D eigenvalue weighted by Gasteiger charge is -2.06. The van der Waals surface area contributed by atoms with E-state index in [0.717, 1.165) is 0 Å². The first-order chi connectivity index (χ1) is 5.84. The van der Waals surface area contributed by atoms with E-state index >= 15 is 0 Å². The average Bonchev–Trinajstić information content (AvgIpc) is 2.28. The largest absolute Gasteiger partial charge is 0.457 e. The summed E-state index contributed by atoms with van der Waals surface area (Å²) in [7, 11) is 0. The van der Waals surface area contributed by atoms with Crippen LogP contribution in [0.4, 0.5) is 13.2 Å². The summed E-state index contributed by atoms with van der Waals surface area (Å²) < 4.78 is 39.2. The lowest BCUT2D eigenvalue weighted by molar-refractivity contribution is -0.178. The van der Waals surface area contributed by atoms with E-state index in [9.17, 15) is 27.6 Å². The monoisotopic (exact) mass is 196 g/mol. The third-order valence-corrected chi connectivity index (χ3v) is 1.46. The average molecular weight is 196 g/mol. The number of ether oxygens (including phenoxy) is 1. The topological polar surface area (TPSA) is 60.4 Å². The molecule has 1 atom stereocenters. The molecular formula is C6H3F3O4. The molecule has 0 spiro atoms. The minimum atomic E-state index is -5.18. The van der Waals surface area contributed by atoms with Gasteiger partial charge in [-0.1, -0.05) is 0 Å². The van der Waals surface area contributed by atoms with E-state index in [4.69, 9.17) is 0 Å². The highest BCUT2D eigenvalue weighted by atomic mass is 19.4. The number of cyclic esters (lactones) is 1. The Bertz CT molecular complexity index is 264. The summed E-state index contributed by atoms with van der Waals surface area (Å²) in [5.41, 5.74) is 0. The summed E-state index contributed by atoms with van der Waals surface area (Å²) in [5, 5.41) is 0. The van der Waals surface area contributed by atoms with Gasteiger partial charge >= 0.3 is 12.1 Å². The molecule has 0 aromatic carbocycles. The van der Waals surface area contributed by atoms with Crippen molar-refractivity contribution < 1.29 is 32.3 Å². The van der Waals surface area contributed by atoms with Crippen LogP contribution in [0.15, 0.2) is 0 Å². The van der Waals surface area contributed by atoms with E-state index in [0.29, 0.717) is 0 Å². The normalized spacial score (nSPS) is 23.2. The Kier molecular flexibility index (Phi) is 2.10. The highest BCUT2D eigenvalue weighted by Gasteiger charge is 2.52. The molecule has 1 rings (SSSR count). The molecule has 0 bridgehead atoms. The number of hydrogen-bond donors (Lipinski definition) is 0. The summed E-state index contributed by atoms with van der Waals surface area (Å²) in [5.74, 6) is -7.24. The summed E-state index contributed by atoms with van der Waals surface area (Å²) in [6.45, 7) is -0.759. The molecule has 0 aromatic rings. The van der Waals surface area contributed by atoms with E-state index in [1.807, 2.05) is 0 Å². The van der Waals surface area contributed by atoms with Gasteiger partial charge in [0, 0.05) is 0 Å². The fourth-order valence-corrected chi connectivity index (χ4v) is 0.857. The molecule has 0 N–H and O–H groups in total. The van der Waals surface area contributed by atoms with Crippen molar-refractivity contribution in [2.45, 2.75) is 6.18 Å². The van der Waals surface area contributed by atoms with Crippen LogP contribution < -0.4 is 0 Å². The van der Waals surface area contributed by atoms with E-state index in [-0.39, 0.29) is 0 Å². The predicted octanol–water partition coefficient (Wildman–Crippen LogP) is -0.140. The van der Waals surface area contributed by atoms with Crippen molar-refractivity contribution in [2.24, 2.45) is 5.92 Å². The summed E-state index contributed by atoms with van der Waals surface area (Å²) in [6, 6.07) is 0. The van der Waals surface area contributed by atoms with Crippen LogP contribution >= 0.6 is 0 Å². The molecule has 1 saturated heterocycles. The van der Waals surface area contributed by atoms with Crippen LogP contribution in [0, 0.1) is 5.92 Å². The van der Waals surface area contributed by atoms with E-state index in [2.05, 4.69) is 4.74 Å². The second-order valence-corrected chi connectivity index (χ2v) is 2.37. The van der Waals surface area contributed by atoms with Gasteiger partial charge in [-0.05, 0) is 0 Å². The Morgan fingerprint density at radius 3 is 2.23 bits per heavy atom. The number of esters is 1. The molecule has 0 amide bonds. The van der Waals surface area contributed by atoms with Crippen LogP contribution in [-0.2, 0) is 19.1 Å². The number of rotatable bonds is 1. The molecule has 13 heavy (non-hydrogen) atoms. The Labute approximate surface area is 69.7 Å². The number of hydrogen-bond acceptors (Lipinski definition) is 4. The minimum Gasteiger partial charge on any atom is -0.457 e. The van der Waals surface area contributed by atoms with Crippen LogP contribution in [0.3, 0.4) is 0 Å². The molecule has 72 valence electrons.